The van der Waals surface area contributed by atoms with Crippen LogP contribution >= 0.6 is 0 Å². The summed E-state index contributed by atoms with van der Waals surface area (Å²) in [6.07, 6.45) is -4.10. The van der Waals surface area contributed by atoms with Crippen molar-refractivity contribution < 1.29 is 27.4 Å². The van der Waals surface area contributed by atoms with E-state index >= 15 is 0 Å². The number of aldehydes is 1. The zero-order valence-electron chi connectivity index (χ0n) is 14.1. The Morgan fingerprint density at radius 3 is 2.11 bits per heavy atom. The van der Waals surface area contributed by atoms with Crippen LogP contribution in [0.5, 0.6) is 11.5 Å². The average Bonchev–Trinajstić information content (AvgIpc) is 2.67. The van der Waals surface area contributed by atoms with Crippen LogP contribution < -0.4 is 9.47 Å². The van der Waals surface area contributed by atoms with Crippen LogP contribution in [-0.4, -0.2) is 12.6 Å². The first-order chi connectivity index (χ1) is 12.9. The van der Waals surface area contributed by atoms with Gasteiger partial charge in [0.15, 0.2) is 11.5 Å². The van der Waals surface area contributed by atoms with E-state index in [1.54, 1.807) is 24.3 Å². The summed E-state index contributed by atoms with van der Waals surface area (Å²) >= 11 is 0. The summed E-state index contributed by atoms with van der Waals surface area (Å²) in [5, 5.41) is 0. The van der Waals surface area contributed by atoms with E-state index in [1.165, 1.54) is 18.2 Å². The van der Waals surface area contributed by atoms with Gasteiger partial charge in [-0.15, -0.1) is 13.2 Å². The molecule has 0 spiro atoms. The molecular weight excluding hydrogens is 357 g/mol. The smallest absolute Gasteiger partial charge is 0.485 e. The molecule has 0 fully saturated rings. The Morgan fingerprint density at radius 1 is 0.815 bits per heavy atom. The van der Waals surface area contributed by atoms with Gasteiger partial charge in [-0.05, 0) is 28.8 Å². The van der Waals surface area contributed by atoms with E-state index in [9.17, 15) is 18.0 Å². The van der Waals surface area contributed by atoms with Gasteiger partial charge in [0, 0.05) is 5.56 Å². The van der Waals surface area contributed by atoms with Crippen molar-refractivity contribution in [3.63, 3.8) is 0 Å². The second-order valence-electron chi connectivity index (χ2n) is 5.72. The molecule has 3 aromatic rings. The third-order valence-corrected chi connectivity index (χ3v) is 3.79. The van der Waals surface area contributed by atoms with Gasteiger partial charge in [0.25, 0.3) is 0 Å². The number of hydrogen-bond donors (Lipinski definition) is 0. The van der Waals surface area contributed by atoms with Crippen molar-refractivity contribution in [3.05, 3.63) is 83.9 Å². The summed E-state index contributed by atoms with van der Waals surface area (Å²) < 4.78 is 47.7. The number of rotatable bonds is 6. The molecule has 0 heterocycles. The van der Waals surface area contributed by atoms with Crippen molar-refractivity contribution >= 4 is 6.29 Å². The lowest BCUT2D eigenvalue weighted by Crippen LogP contribution is -2.17. The highest BCUT2D eigenvalue weighted by Crippen LogP contribution is 2.36. The van der Waals surface area contributed by atoms with E-state index in [-0.39, 0.29) is 12.4 Å². The molecule has 0 aliphatic carbocycles. The van der Waals surface area contributed by atoms with Gasteiger partial charge in [0.05, 0.1) is 0 Å². The van der Waals surface area contributed by atoms with Crippen molar-refractivity contribution in [3.8, 4) is 22.6 Å². The second kappa shape index (κ2) is 7.95. The number of hydrogen-bond acceptors (Lipinski definition) is 3. The minimum Gasteiger partial charge on any atom is -0.485 e. The molecular formula is C21H15F3O3. The number of carbonyl (C=O) groups is 1. The first-order valence-electron chi connectivity index (χ1n) is 8.07. The van der Waals surface area contributed by atoms with Gasteiger partial charge in [-0.2, -0.15) is 0 Å². The monoisotopic (exact) mass is 372 g/mol. The second-order valence-corrected chi connectivity index (χ2v) is 5.72. The number of benzene rings is 3. The molecule has 0 aliphatic heterocycles. The highest BCUT2D eigenvalue weighted by atomic mass is 19.4. The Bertz CT molecular complexity index is 904. The van der Waals surface area contributed by atoms with Crippen LogP contribution in [0.4, 0.5) is 13.2 Å². The normalized spacial score (nSPS) is 11.1. The largest absolute Gasteiger partial charge is 0.573 e. The molecule has 3 rings (SSSR count). The molecule has 6 heteroatoms. The molecule has 0 N–H and O–H groups in total. The van der Waals surface area contributed by atoms with Gasteiger partial charge >= 0.3 is 6.36 Å². The molecule has 0 bridgehead atoms. The van der Waals surface area contributed by atoms with E-state index < -0.39 is 12.1 Å². The topological polar surface area (TPSA) is 35.5 Å². The van der Waals surface area contributed by atoms with Gasteiger partial charge in [-0.25, -0.2) is 0 Å². The molecule has 0 unspecified atom stereocenters. The number of alkyl halides is 3. The Morgan fingerprint density at radius 2 is 1.48 bits per heavy atom. The van der Waals surface area contributed by atoms with E-state index in [1.807, 2.05) is 30.3 Å². The number of ether oxygens (including phenoxy) is 2. The summed E-state index contributed by atoms with van der Waals surface area (Å²) in [6, 6.07) is 20.0. The fourth-order valence-electron chi connectivity index (χ4n) is 2.50. The molecule has 0 radical (unpaired) electrons. The Labute approximate surface area is 154 Å². The lowest BCUT2D eigenvalue weighted by molar-refractivity contribution is -0.275. The van der Waals surface area contributed by atoms with Crippen LogP contribution in [0.2, 0.25) is 0 Å². The van der Waals surface area contributed by atoms with Gasteiger partial charge in [0.1, 0.15) is 12.9 Å². The van der Waals surface area contributed by atoms with E-state index in [2.05, 4.69) is 4.74 Å². The maximum atomic E-state index is 12.7. The van der Waals surface area contributed by atoms with Crippen LogP contribution in [0, 0.1) is 0 Å². The highest BCUT2D eigenvalue weighted by molar-refractivity contribution is 5.77. The van der Waals surface area contributed by atoms with Gasteiger partial charge in [-0.3, -0.25) is 4.79 Å². The predicted molar refractivity (Wildman–Crippen MR) is 94.7 cm³/mol. The fourth-order valence-corrected chi connectivity index (χ4v) is 2.50. The van der Waals surface area contributed by atoms with E-state index in [0.29, 0.717) is 11.1 Å². The Balaban J connectivity index is 1.91. The molecule has 0 saturated carbocycles. The molecule has 27 heavy (non-hydrogen) atoms. The summed E-state index contributed by atoms with van der Waals surface area (Å²) in [7, 11) is 0. The van der Waals surface area contributed by atoms with Crippen molar-refractivity contribution in [1.82, 2.24) is 0 Å². The standard InChI is InChI=1S/C21H15F3O3/c22-21(23,24)27-19-11-10-18(17-8-6-15(13-25)7-9-17)12-20(19)26-14-16-4-2-1-3-5-16/h1-13H,14H2. The first kappa shape index (κ1) is 18.5. The quantitative estimate of drug-likeness (QED) is 0.525. The van der Waals surface area contributed by atoms with Crippen LogP contribution in [-0.2, 0) is 6.61 Å². The summed E-state index contributed by atoms with van der Waals surface area (Å²) in [4.78, 5) is 10.8. The van der Waals surface area contributed by atoms with E-state index in [4.69, 9.17) is 4.74 Å². The third-order valence-electron chi connectivity index (χ3n) is 3.79. The molecule has 0 saturated heterocycles. The van der Waals surface area contributed by atoms with Gasteiger partial charge < -0.3 is 9.47 Å². The van der Waals surface area contributed by atoms with Crippen LogP contribution in [0.1, 0.15) is 15.9 Å². The van der Waals surface area contributed by atoms with Crippen molar-refractivity contribution in [1.29, 1.82) is 0 Å². The SMILES string of the molecule is O=Cc1ccc(-c2ccc(OC(F)(F)F)c(OCc3ccccc3)c2)cc1. The van der Waals surface area contributed by atoms with Crippen LogP contribution in [0.25, 0.3) is 11.1 Å². The summed E-state index contributed by atoms with van der Waals surface area (Å²) in [5.41, 5.74) is 2.71. The summed E-state index contributed by atoms with van der Waals surface area (Å²) in [5.74, 6) is -0.431. The van der Waals surface area contributed by atoms with Gasteiger partial charge in [0.2, 0.25) is 0 Å². The average molecular weight is 372 g/mol. The lowest BCUT2D eigenvalue weighted by atomic mass is 10.0. The Kier molecular flexibility index (Phi) is 5.45. The number of carbonyl (C=O) groups excluding carboxylic acids is 1. The minimum absolute atomic E-state index is 0.0202. The first-order valence-corrected chi connectivity index (χ1v) is 8.07. The molecule has 3 nitrogen and oxygen atoms in total. The maximum absolute atomic E-state index is 12.7. The van der Waals surface area contributed by atoms with Gasteiger partial charge in [-0.1, -0.05) is 60.7 Å². The Hall–Kier alpha value is -3.28. The number of halogens is 3. The summed E-state index contributed by atoms with van der Waals surface area (Å²) in [6.45, 7) is 0.0998. The molecule has 138 valence electrons. The molecule has 3 aromatic carbocycles. The molecule has 0 atom stereocenters. The van der Waals surface area contributed by atoms with E-state index in [0.717, 1.165) is 17.4 Å². The maximum Gasteiger partial charge on any atom is 0.573 e. The molecule has 0 aromatic heterocycles. The van der Waals surface area contributed by atoms with Crippen molar-refractivity contribution in [2.75, 3.05) is 0 Å². The van der Waals surface area contributed by atoms with Crippen LogP contribution in [0.15, 0.2) is 72.8 Å². The van der Waals surface area contributed by atoms with Crippen molar-refractivity contribution in [2.24, 2.45) is 0 Å². The molecule has 0 amide bonds. The van der Waals surface area contributed by atoms with Crippen molar-refractivity contribution in [2.45, 2.75) is 13.0 Å². The third kappa shape index (κ3) is 5.10. The fraction of sp³-hybridized carbons (Fsp3) is 0.0952. The highest BCUT2D eigenvalue weighted by Gasteiger charge is 2.32. The molecule has 0 aliphatic rings. The lowest BCUT2D eigenvalue weighted by Gasteiger charge is -2.15. The minimum atomic E-state index is -4.82. The van der Waals surface area contributed by atoms with Crippen LogP contribution in [0.3, 0.4) is 0 Å². The zero-order valence-corrected chi connectivity index (χ0v) is 14.1. The zero-order chi connectivity index (χ0) is 19.3. The predicted octanol–water partition coefficient (Wildman–Crippen LogP) is 5.64.